The number of ketones is 1. The lowest BCUT2D eigenvalue weighted by Gasteiger charge is -2.13. The zero-order valence-corrected chi connectivity index (χ0v) is 15.4. The number of benzene rings is 3. The number of carbonyl (C=O) groups is 1. The maximum absolute atomic E-state index is 13.1. The number of hydrogen-bond acceptors (Lipinski definition) is 4. The van der Waals surface area contributed by atoms with Crippen LogP contribution in [-0.2, 0) is 6.42 Å². The van der Waals surface area contributed by atoms with Crippen LogP contribution in [0.5, 0.6) is 11.5 Å². The van der Waals surface area contributed by atoms with E-state index in [0.29, 0.717) is 17.1 Å². The van der Waals surface area contributed by atoms with E-state index < -0.39 is 0 Å². The molecule has 0 saturated carbocycles. The topological polar surface area (TPSA) is 61.5 Å². The van der Waals surface area contributed by atoms with Crippen LogP contribution in [-0.4, -0.2) is 20.0 Å². The SMILES string of the molecule is COc1ccc(CC(=O)c2cccc3c2C(N)c2ccccc2-3)cc1OC. The van der Waals surface area contributed by atoms with Crippen LogP contribution in [0.1, 0.15) is 33.1 Å². The maximum atomic E-state index is 13.1. The Morgan fingerprint density at radius 2 is 1.67 bits per heavy atom. The van der Waals surface area contributed by atoms with Gasteiger partial charge >= 0.3 is 0 Å². The predicted molar refractivity (Wildman–Crippen MR) is 105 cm³/mol. The molecule has 27 heavy (non-hydrogen) atoms. The van der Waals surface area contributed by atoms with E-state index in [1.54, 1.807) is 14.2 Å². The van der Waals surface area contributed by atoms with E-state index in [9.17, 15) is 4.79 Å². The van der Waals surface area contributed by atoms with Gasteiger partial charge in [0.15, 0.2) is 17.3 Å². The zero-order chi connectivity index (χ0) is 19.0. The van der Waals surface area contributed by atoms with Crippen LogP contribution in [0.3, 0.4) is 0 Å². The molecule has 4 nitrogen and oxygen atoms in total. The molecule has 0 spiro atoms. The molecule has 0 fully saturated rings. The largest absolute Gasteiger partial charge is 0.493 e. The Hall–Kier alpha value is -3.11. The molecule has 0 saturated heterocycles. The number of fused-ring (bicyclic) bond motifs is 3. The van der Waals surface area contributed by atoms with Crippen molar-refractivity contribution in [1.82, 2.24) is 0 Å². The first-order chi connectivity index (χ1) is 13.1. The minimum Gasteiger partial charge on any atom is -0.493 e. The number of rotatable bonds is 5. The Balaban J connectivity index is 1.69. The highest BCUT2D eigenvalue weighted by Crippen LogP contribution is 2.43. The number of methoxy groups -OCH3 is 2. The molecule has 4 heteroatoms. The maximum Gasteiger partial charge on any atom is 0.167 e. The van der Waals surface area contributed by atoms with Crippen LogP contribution in [0.25, 0.3) is 11.1 Å². The first kappa shape index (κ1) is 17.3. The Morgan fingerprint density at radius 1 is 0.926 bits per heavy atom. The van der Waals surface area contributed by atoms with Gasteiger partial charge < -0.3 is 15.2 Å². The summed E-state index contributed by atoms with van der Waals surface area (Å²) in [6.45, 7) is 0. The highest BCUT2D eigenvalue weighted by Gasteiger charge is 2.29. The van der Waals surface area contributed by atoms with Crippen LogP contribution in [0.4, 0.5) is 0 Å². The smallest absolute Gasteiger partial charge is 0.167 e. The third-order valence-electron chi connectivity index (χ3n) is 5.12. The summed E-state index contributed by atoms with van der Waals surface area (Å²) in [5.74, 6) is 1.30. The van der Waals surface area contributed by atoms with Gasteiger partial charge in [0, 0.05) is 12.0 Å². The van der Waals surface area contributed by atoms with Crippen molar-refractivity contribution in [1.29, 1.82) is 0 Å². The van der Waals surface area contributed by atoms with Crippen LogP contribution < -0.4 is 15.2 Å². The number of Topliss-reactive ketones (excluding diaryl/α,β-unsaturated/α-hetero) is 1. The molecule has 0 radical (unpaired) electrons. The fraction of sp³-hybridized carbons (Fsp3) is 0.174. The van der Waals surface area contributed by atoms with E-state index >= 15 is 0 Å². The van der Waals surface area contributed by atoms with Crippen LogP contribution in [0, 0.1) is 0 Å². The highest BCUT2D eigenvalue weighted by molar-refractivity contribution is 6.02. The van der Waals surface area contributed by atoms with Crippen molar-refractivity contribution < 1.29 is 14.3 Å². The first-order valence-corrected chi connectivity index (χ1v) is 8.86. The van der Waals surface area contributed by atoms with Crippen molar-refractivity contribution in [2.24, 2.45) is 5.73 Å². The first-order valence-electron chi connectivity index (χ1n) is 8.86. The fourth-order valence-corrected chi connectivity index (χ4v) is 3.82. The Labute approximate surface area is 158 Å². The van der Waals surface area contributed by atoms with Gasteiger partial charge in [-0.2, -0.15) is 0 Å². The van der Waals surface area contributed by atoms with Gasteiger partial charge in [-0.15, -0.1) is 0 Å². The molecular weight excluding hydrogens is 338 g/mol. The van der Waals surface area contributed by atoms with Crippen molar-refractivity contribution in [3.63, 3.8) is 0 Å². The van der Waals surface area contributed by atoms with Crippen LogP contribution in [0.2, 0.25) is 0 Å². The molecule has 4 rings (SSSR count). The highest BCUT2D eigenvalue weighted by atomic mass is 16.5. The Morgan fingerprint density at radius 3 is 2.44 bits per heavy atom. The summed E-state index contributed by atoms with van der Waals surface area (Å²) in [4.78, 5) is 13.1. The molecule has 1 unspecified atom stereocenters. The molecule has 2 N–H and O–H groups in total. The molecule has 0 amide bonds. The number of nitrogens with two attached hydrogens (primary N) is 1. The standard InChI is InChI=1S/C23H21NO3/c1-26-20-11-10-14(13-21(20)27-2)12-19(25)18-9-5-8-16-15-6-3-4-7-17(15)23(24)22(16)18/h3-11,13,23H,12,24H2,1-2H3. The quantitative estimate of drug-likeness (QED) is 0.695. The Kier molecular flexibility index (Phi) is 4.42. The summed E-state index contributed by atoms with van der Waals surface area (Å²) in [6.07, 6.45) is 0.278. The minimum absolute atomic E-state index is 0.0438. The van der Waals surface area contributed by atoms with E-state index in [-0.39, 0.29) is 18.2 Å². The lowest BCUT2D eigenvalue weighted by Crippen LogP contribution is -2.14. The summed E-state index contributed by atoms with van der Waals surface area (Å²) >= 11 is 0. The lowest BCUT2D eigenvalue weighted by molar-refractivity contribution is 0.0992. The fourth-order valence-electron chi connectivity index (χ4n) is 3.82. The van der Waals surface area contributed by atoms with Gasteiger partial charge in [0.1, 0.15) is 0 Å². The van der Waals surface area contributed by atoms with Crippen molar-refractivity contribution in [2.75, 3.05) is 14.2 Å². The van der Waals surface area contributed by atoms with Gasteiger partial charge in [0.05, 0.1) is 20.3 Å². The van der Waals surface area contributed by atoms with E-state index in [2.05, 4.69) is 6.07 Å². The zero-order valence-electron chi connectivity index (χ0n) is 15.4. The monoisotopic (exact) mass is 359 g/mol. The van der Waals surface area contributed by atoms with Crippen LogP contribution in [0.15, 0.2) is 60.7 Å². The average molecular weight is 359 g/mol. The number of hydrogen-bond donors (Lipinski definition) is 1. The third-order valence-corrected chi connectivity index (χ3v) is 5.12. The molecule has 0 bridgehead atoms. The van der Waals surface area contributed by atoms with E-state index in [1.807, 2.05) is 54.6 Å². The van der Waals surface area contributed by atoms with E-state index in [1.165, 1.54) is 0 Å². The molecule has 1 atom stereocenters. The van der Waals surface area contributed by atoms with Gasteiger partial charge in [-0.05, 0) is 39.9 Å². The summed E-state index contributed by atoms with van der Waals surface area (Å²) in [5.41, 5.74) is 12.2. The summed E-state index contributed by atoms with van der Waals surface area (Å²) in [6, 6.07) is 19.2. The molecular formula is C23H21NO3. The second kappa shape index (κ2) is 6.89. The second-order valence-corrected chi connectivity index (χ2v) is 6.62. The molecule has 1 aliphatic rings. The van der Waals surface area contributed by atoms with Gasteiger partial charge in [-0.1, -0.05) is 48.5 Å². The average Bonchev–Trinajstić information content (AvgIpc) is 3.00. The van der Waals surface area contributed by atoms with Gasteiger partial charge in [0.25, 0.3) is 0 Å². The van der Waals surface area contributed by atoms with Crippen LogP contribution >= 0.6 is 0 Å². The molecule has 0 heterocycles. The molecule has 1 aliphatic carbocycles. The molecule has 0 aromatic heterocycles. The predicted octanol–water partition coefficient (Wildman–Crippen LogP) is 4.16. The summed E-state index contributed by atoms with van der Waals surface area (Å²) < 4.78 is 10.6. The molecule has 3 aromatic rings. The van der Waals surface area contributed by atoms with E-state index in [0.717, 1.165) is 27.8 Å². The lowest BCUT2D eigenvalue weighted by atomic mass is 9.93. The van der Waals surface area contributed by atoms with Crippen molar-refractivity contribution in [3.8, 4) is 22.6 Å². The van der Waals surface area contributed by atoms with Gasteiger partial charge in [0.2, 0.25) is 0 Å². The van der Waals surface area contributed by atoms with E-state index in [4.69, 9.17) is 15.2 Å². The van der Waals surface area contributed by atoms with Crippen molar-refractivity contribution >= 4 is 5.78 Å². The van der Waals surface area contributed by atoms with Crippen molar-refractivity contribution in [2.45, 2.75) is 12.5 Å². The van der Waals surface area contributed by atoms with Gasteiger partial charge in [-0.25, -0.2) is 0 Å². The molecule has 136 valence electrons. The molecule has 0 aliphatic heterocycles. The number of carbonyl (C=O) groups excluding carboxylic acids is 1. The summed E-state index contributed by atoms with van der Waals surface area (Å²) in [7, 11) is 3.18. The Bertz CT molecular complexity index is 1030. The minimum atomic E-state index is -0.276. The second-order valence-electron chi connectivity index (χ2n) is 6.62. The number of ether oxygens (including phenoxy) is 2. The molecule has 3 aromatic carbocycles. The normalized spacial score (nSPS) is 14.4. The third kappa shape index (κ3) is 2.88. The van der Waals surface area contributed by atoms with Crippen molar-refractivity contribution in [3.05, 3.63) is 82.9 Å². The van der Waals surface area contributed by atoms with Gasteiger partial charge in [-0.3, -0.25) is 4.79 Å². The summed E-state index contributed by atoms with van der Waals surface area (Å²) in [5, 5.41) is 0.